The number of carbonyl (C=O) groups excluding carboxylic acids is 1. The molecule has 0 aliphatic heterocycles. The van der Waals surface area contributed by atoms with Crippen molar-refractivity contribution in [2.24, 2.45) is 5.73 Å². The van der Waals surface area contributed by atoms with Crippen LogP contribution < -0.4 is 5.73 Å². The van der Waals surface area contributed by atoms with E-state index < -0.39 is 11.7 Å². The summed E-state index contributed by atoms with van der Waals surface area (Å²) in [7, 11) is 0. The fourth-order valence-corrected chi connectivity index (χ4v) is 3.05. The van der Waals surface area contributed by atoms with Crippen molar-refractivity contribution in [3.8, 4) is 11.1 Å². The van der Waals surface area contributed by atoms with Crippen LogP contribution in [0, 0.1) is 5.82 Å². The zero-order valence-electron chi connectivity index (χ0n) is 9.99. The van der Waals surface area contributed by atoms with E-state index in [1.165, 1.54) is 12.1 Å². The predicted octanol–water partition coefficient (Wildman–Crippen LogP) is 5.86. The van der Waals surface area contributed by atoms with Crippen LogP contribution in [0.1, 0.15) is 10.4 Å². The third-order valence-corrected chi connectivity index (χ3v) is 5.01. The molecule has 8 heteroatoms. The number of nitrogens with two attached hydrogens (primary N) is 1. The third kappa shape index (κ3) is 2.94. The molecule has 0 saturated carbocycles. The van der Waals surface area contributed by atoms with E-state index in [1.54, 1.807) is 0 Å². The van der Waals surface area contributed by atoms with Gasteiger partial charge in [0.05, 0.1) is 25.1 Å². The molecule has 1 amide bonds. The Morgan fingerprint density at radius 3 is 1.81 bits per heavy atom. The summed E-state index contributed by atoms with van der Waals surface area (Å²) in [6, 6.07) is 3.62. The van der Waals surface area contributed by atoms with Crippen molar-refractivity contribution in [3.63, 3.8) is 0 Å². The number of hydrogen-bond acceptors (Lipinski definition) is 1. The summed E-state index contributed by atoms with van der Waals surface area (Å²) in [5, 5.41) is -0.183. The van der Waals surface area contributed by atoms with Gasteiger partial charge >= 0.3 is 0 Å². The average Bonchev–Trinajstić information content (AvgIpc) is 2.44. The van der Waals surface area contributed by atoms with Crippen LogP contribution in [0.25, 0.3) is 11.1 Å². The van der Waals surface area contributed by atoms with E-state index in [1.807, 2.05) is 0 Å². The van der Waals surface area contributed by atoms with Crippen LogP contribution in [0.4, 0.5) is 4.39 Å². The third-order valence-electron chi connectivity index (χ3n) is 2.73. The van der Waals surface area contributed by atoms with Crippen molar-refractivity contribution in [1.82, 2.24) is 0 Å². The summed E-state index contributed by atoms with van der Waals surface area (Å²) in [5.74, 6) is -1.51. The summed E-state index contributed by atoms with van der Waals surface area (Å²) in [5.41, 5.74) is 5.20. The van der Waals surface area contributed by atoms with Gasteiger partial charge in [0.2, 0.25) is 5.91 Å². The predicted molar refractivity (Wildman–Crippen MR) is 85.4 cm³/mol. The second kappa shape index (κ2) is 6.19. The van der Waals surface area contributed by atoms with Crippen LogP contribution >= 0.6 is 58.0 Å². The minimum absolute atomic E-state index is 0.00894. The van der Waals surface area contributed by atoms with Crippen LogP contribution in [-0.2, 0) is 0 Å². The lowest BCUT2D eigenvalue weighted by atomic mass is 10.0. The van der Waals surface area contributed by atoms with Crippen molar-refractivity contribution in [2.45, 2.75) is 0 Å². The molecule has 0 spiro atoms. The van der Waals surface area contributed by atoms with Gasteiger partial charge in [-0.1, -0.05) is 64.1 Å². The number of amides is 1. The van der Waals surface area contributed by atoms with E-state index in [9.17, 15) is 9.18 Å². The fourth-order valence-electron chi connectivity index (χ4n) is 1.71. The minimum Gasteiger partial charge on any atom is -0.366 e. The average molecular weight is 387 g/mol. The van der Waals surface area contributed by atoms with E-state index in [2.05, 4.69) is 0 Å². The van der Waals surface area contributed by atoms with Gasteiger partial charge in [-0.25, -0.2) is 4.39 Å². The maximum atomic E-state index is 14.2. The molecule has 2 aromatic carbocycles. The molecule has 0 aliphatic carbocycles. The zero-order chi connectivity index (χ0) is 15.9. The zero-order valence-corrected chi connectivity index (χ0v) is 13.8. The highest BCUT2D eigenvalue weighted by Gasteiger charge is 2.22. The topological polar surface area (TPSA) is 43.1 Å². The molecule has 0 heterocycles. The number of hydrogen-bond donors (Lipinski definition) is 1. The van der Waals surface area contributed by atoms with Gasteiger partial charge in [0, 0.05) is 16.7 Å². The monoisotopic (exact) mass is 385 g/mol. The van der Waals surface area contributed by atoms with Gasteiger partial charge in [-0.2, -0.15) is 0 Å². The summed E-state index contributed by atoms with van der Waals surface area (Å²) >= 11 is 29.9. The molecule has 2 nitrogen and oxygen atoms in total. The molecule has 0 saturated heterocycles. The Balaban J connectivity index is 2.77. The molecule has 0 aromatic heterocycles. The summed E-state index contributed by atoms with van der Waals surface area (Å²) in [6.07, 6.45) is 0. The summed E-state index contributed by atoms with van der Waals surface area (Å²) in [6.45, 7) is 0. The molecule has 0 atom stereocenters. The standard InChI is InChI=1S/C13H5Cl5FNO/c14-8-7(9(15)11(17)12(18)10(8)16)5-2-1-4(13(20)21)3-6(5)19/h1-3H,(H2,20,21). The first-order valence-electron chi connectivity index (χ1n) is 5.36. The van der Waals surface area contributed by atoms with Crippen LogP contribution in [0.5, 0.6) is 0 Å². The maximum Gasteiger partial charge on any atom is 0.248 e. The van der Waals surface area contributed by atoms with Gasteiger partial charge in [-0.15, -0.1) is 0 Å². The number of carbonyl (C=O) groups is 1. The highest BCUT2D eigenvalue weighted by atomic mass is 35.5. The highest BCUT2D eigenvalue weighted by molar-refractivity contribution is 6.56. The second-order valence-electron chi connectivity index (χ2n) is 4.00. The normalized spacial score (nSPS) is 10.8. The number of rotatable bonds is 2. The smallest absolute Gasteiger partial charge is 0.248 e. The van der Waals surface area contributed by atoms with Crippen molar-refractivity contribution in [1.29, 1.82) is 0 Å². The van der Waals surface area contributed by atoms with Crippen LogP contribution in [0.2, 0.25) is 25.1 Å². The first-order chi connectivity index (χ1) is 9.75. The van der Waals surface area contributed by atoms with Crippen molar-refractivity contribution in [3.05, 3.63) is 54.7 Å². The Labute approximate surface area is 144 Å². The van der Waals surface area contributed by atoms with Gasteiger partial charge in [0.15, 0.2) is 0 Å². The van der Waals surface area contributed by atoms with Gasteiger partial charge in [-0.05, 0) is 12.1 Å². The van der Waals surface area contributed by atoms with E-state index in [-0.39, 0.29) is 41.8 Å². The maximum absolute atomic E-state index is 14.2. The van der Waals surface area contributed by atoms with E-state index in [4.69, 9.17) is 63.7 Å². The number of halogens is 6. The van der Waals surface area contributed by atoms with Crippen LogP contribution in [0.3, 0.4) is 0 Å². The van der Waals surface area contributed by atoms with E-state index >= 15 is 0 Å². The molecular weight excluding hydrogens is 382 g/mol. The fraction of sp³-hybridized carbons (Fsp3) is 0. The summed E-state index contributed by atoms with van der Waals surface area (Å²) in [4.78, 5) is 11.0. The molecule has 2 aromatic rings. The molecule has 0 unspecified atom stereocenters. The minimum atomic E-state index is -0.759. The number of primary amides is 1. The molecule has 0 fully saturated rings. The van der Waals surface area contributed by atoms with Gasteiger partial charge < -0.3 is 5.73 Å². The number of benzene rings is 2. The first kappa shape index (κ1) is 16.7. The van der Waals surface area contributed by atoms with Gasteiger partial charge in [-0.3, -0.25) is 4.79 Å². The molecular formula is C13H5Cl5FNO. The SMILES string of the molecule is NC(=O)c1ccc(-c2c(Cl)c(Cl)c(Cl)c(Cl)c2Cl)c(F)c1. The van der Waals surface area contributed by atoms with Gasteiger partial charge in [0.25, 0.3) is 0 Å². The van der Waals surface area contributed by atoms with E-state index in [0.29, 0.717) is 0 Å². The molecule has 0 bridgehead atoms. The van der Waals surface area contributed by atoms with Gasteiger partial charge in [0.1, 0.15) is 5.82 Å². The molecule has 21 heavy (non-hydrogen) atoms. The first-order valence-corrected chi connectivity index (χ1v) is 7.25. The molecule has 0 radical (unpaired) electrons. The van der Waals surface area contributed by atoms with E-state index in [0.717, 1.165) is 6.07 Å². The molecule has 0 aliphatic rings. The Morgan fingerprint density at radius 1 is 0.905 bits per heavy atom. The molecule has 2 rings (SSSR count). The second-order valence-corrected chi connectivity index (χ2v) is 5.89. The van der Waals surface area contributed by atoms with Crippen molar-refractivity contribution < 1.29 is 9.18 Å². The Bertz CT molecular complexity index is 734. The molecule has 2 N–H and O–H groups in total. The Kier molecular flexibility index (Phi) is 4.91. The molecule has 110 valence electrons. The van der Waals surface area contributed by atoms with Crippen molar-refractivity contribution in [2.75, 3.05) is 0 Å². The Morgan fingerprint density at radius 2 is 1.38 bits per heavy atom. The highest BCUT2D eigenvalue weighted by Crippen LogP contribution is 2.48. The van der Waals surface area contributed by atoms with Crippen LogP contribution in [-0.4, -0.2) is 5.91 Å². The largest absolute Gasteiger partial charge is 0.366 e. The lowest BCUT2D eigenvalue weighted by Gasteiger charge is -2.13. The lowest BCUT2D eigenvalue weighted by Crippen LogP contribution is -2.11. The lowest BCUT2D eigenvalue weighted by molar-refractivity contribution is 0.1000. The van der Waals surface area contributed by atoms with Crippen molar-refractivity contribution >= 4 is 63.9 Å². The quantitative estimate of drug-likeness (QED) is 0.509. The summed E-state index contributed by atoms with van der Waals surface area (Å²) < 4.78 is 14.2. The Hall–Kier alpha value is -0.710. The van der Waals surface area contributed by atoms with Crippen LogP contribution in [0.15, 0.2) is 18.2 Å².